The second-order valence-electron chi connectivity index (χ2n) is 2.79. The number of hydrogen-bond donors (Lipinski definition) is 2. The van der Waals surface area contributed by atoms with E-state index in [9.17, 15) is 0 Å². The fourth-order valence-electron chi connectivity index (χ4n) is 1.31. The molecule has 0 spiro atoms. The van der Waals surface area contributed by atoms with E-state index < -0.39 is 0 Å². The zero-order valence-electron chi connectivity index (χ0n) is 6.94. The van der Waals surface area contributed by atoms with Crippen LogP contribution in [0, 0.1) is 0 Å². The molecular weight excluding hydrogens is 172 g/mol. The van der Waals surface area contributed by atoms with Gasteiger partial charge in [-0.25, -0.2) is 0 Å². The van der Waals surface area contributed by atoms with Gasteiger partial charge in [-0.05, 0) is 6.42 Å². The van der Waals surface area contributed by atoms with Crippen LogP contribution in [-0.4, -0.2) is 40.7 Å². The van der Waals surface area contributed by atoms with E-state index in [0.29, 0.717) is 6.54 Å². The highest BCUT2D eigenvalue weighted by Crippen LogP contribution is 2.11. The van der Waals surface area contributed by atoms with Crippen LogP contribution in [0.3, 0.4) is 0 Å². The molecule has 1 aliphatic rings. The van der Waals surface area contributed by atoms with Gasteiger partial charge in [-0.3, -0.25) is 0 Å². The summed E-state index contributed by atoms with van der Waals surface area (Å²) in [5.41, 5.74) is 5.43. The summed E-state index contributed by atoms with van der Waals surface area (Å²) in [6, 6.07) is 0.131. The average Bonchev–Trinajstić information content (AvgIpc) is 2.16. The highest BCUT2D eigenvalue weighted by atomic mass is 32.1. The second-order valence-corrected chi connectivity index (χ2v) is 3.26. The number of rotatable bonds is 2. The van der Waals surface area contributed by atoms with Crippen LogP contribution < -0.4 is 5.73 Å². The molecule has 0 aromatic heterocycles. The molecule has 0 radical (unpaired) electrons. The van der Waals surface area contributed by atoms with E-state index in [2.05, 4.69) is 6.08 Å². The summed E-state index contributed by atoms with van der Waals surface area (Å²) in [6.07, 6.45) is 4.97. The predicted molar refractivity (Wildman–Crippen MR) is 53.0 cm³/mol. The van der Waals surface area contributed by atoms with Crippen molar-refractivity contribution >= 4 is 17.2 Å². The van der Waals surface area contributed by atoms with Gasteiger partial charge in [0.2, 0.25) is 0 Å². The van der Waals surface area contributed by atoms with Crippen molar-refractivity contribution in [1.82, 2.24) is 4.90 Å². The van der Waals surface area contributed by atoms with Gasteiger partial charge in [0.15, 0.2) is 0 Å². The molecule has 3 N–H and O–H groups in total. The molecule has 1 aliphatic heterocycles. The summed E-state index contributed by atoms with van der Waals surface area (Å²) in [7, 11) is 0. The minimum Gasteiger partial charge on any atom is -0.394 e. The van der Waals surface area contributed by atoms with Crippen LogP contribution in [0.4, 0.5) is 0 Å². The Balaban J connectivity index is 2.60. The standard InChI is InChI=1S/C8H14N2OS/c9-5-8(12)10-4-2-1-3-7(10)6-11/h1-2,7,11H,3-6,9H2. The van der Waals surface area contributed by atoms with Crippen molar-refractivity contribution < 1.29 is 5.11 Å². The van der Waals surface area contributed by atoms with E-state index in [0.717, 1.165) is 18.0 Å². The van der Waals surface area contributed by atoms with E-state index in [4.69, 9.17) is 23.1 Å². The Kier molecular flexibility index (Phi) is 3.65. The SMILES string of the molecule is NCC(=S)N1CC=CCC1CO. The maximum absolute atomic E-state index is 9.03. The maximum Gasteiger partial charge on any atom is 0.0923 e. The predicted octanol–water partition coefficient (Wildman–Crippen LogP) is -0.105. The van der Waals surface area contributed by atoms with Gasteiger partial charge in [-0.1, -0.05) is 24.4 Å². The molecule has 0 amide bonds. The Labute approximate surface area is 77.9 Å². The van der Waals surface area contributed by atoms with E-state index in [-0.39, 0.29) is 12.6 Å². The van der Waals surface area contributed by atoms with Gasteiger partial charge in [0, 0.05) is 13.1 Å². The van der Waals surface area contributed by atoms with Gasteiger partial charge in [-0.15, -0.1) is 0 Å². The minimum atomic E-state index is 0.131. The molecular formula is C8H14N2OS. The summed E-state index contributed by atoms with van der Waals surface area (Å²) < 4.78 is 0. The van der Waals surface area contributed by atoms with Gasteiger partial charge < -0.3 is 15.7 Å². The second kappa shape index (κ2) is 4.54. The number of thiocarbonyl (C=S) groups is 1. The van der Waals surface area contributed by atoms with E-state index in [1.54, 1.807) is 0 Å². The Morgan fingerprint density at radius 1 is 1.67 bits per heavy atom. The summed E-state index contributed by atoms with van der Waals surface area (Å²) >= 11 is 5.07. The van der Waals surface area contributed by atoms with Crippen molar-refractivity contribution in [1.29, 1.82) is 0 Å². The summed E-state index contributed by atoms with van der Waals surface area (Å²) in [5, 5.41) is 9.03. The highest BCUT2D eigenvalue weighted by Gasteiger charge is 2.19. The molecule has 12 heavy (non-hydrogen) atoms. The normalized spacial score (nSPS) is 22.8. The number of nitrogens with two attached hydrogens (primary N) is 1. The first kappa shape index (κ1) is 9.64. The Morgan fingerprint density at radius 3 is 3.00 bits per heavy atom. The minimum absolute atomic E-state index is 0.131. The maximum atomic E-state index is 9.03. The molecule has 3 nitrogen and oxygen atoms in total. The molecule has 1 atom stereocenters. The lowest BCUT2D eigenvalue weighted by Crippen LogP contribution is -2.45. The van der Waals surface area contributed by atoms with Crippen LogP contribution in [-0.2, 0) is 0 Å². The monoisotopic (exact) mass is 186 g/mol. The molecule has 0 bridgehead atoms. The van der Waals surface area contributed by atoms with Crippen molar-refractivity contribution in [2.45, 2.75) is 12.5 Å². The fraction of sp³-hybridized carbons (Fsp3) is 0.625. The van der Waals surface area contributed by atoms with Crippen molar-refractivity contribution in [2.75, 3.05) is 19.7 Å². The number of hydrogen-bond acceptors (Lipinski definition) is 3. The van der Waals surface area contributed by atoms with Crippen molar-refractivity contribution in [3.8, 4) is 0 Å². The van der Waals surface area contributed by atoms with E-state index >= 15 is 0 Å². The molecule has 0 saturated carbocycles. The van der Waals surface area contributed by atoms with Gasteiger partial charge in [-0.2, -0.15) is 0 Å². The average molecular weight is 186 g/mol. The number of aliphatic hydroxyl groups excluding tert-OH is 1. The van der Waals surface area contributed by atoms with Crippen LogP contribution in [0.5, 0.6) is 0 Å². The third kappa shape index (κ3) is 2.03. The van der Waals surface area contributed by atoms with Crippen LogP contribution in [0.15, 0.2) is 12.2 Å². The third-order valence-electron chi connectivity index (χ3n) is 2.02. The molecule has 0 aliphatic carbocycles. The van der Waals surface area contributed by atoms with Gasteiger partial charge in [0.05, 0.1) is 17.6 Å². The van der Waals surface area contributed by atoms with Crippen molar-refractivity contribution in [3.05, 3.63) is 12.2 Å². The molecule has 0 saturated heterocycles. The largest absolute Gasteiger partial charge is 0.394 e. The van der Waals surface area contributed by atoms with Crippen LogP contribution >= 0.6 is 12.2 Å². The topological polar surface area (TPSA) is 49.5 Å². The summed E-state index contributed by atoms with van der Waals surface area (Å²) in [6.45, 7) is 1.31. The first-order valence-corrected chi connectivity index (χ1v) is 4.45. The van der Waals surface area contributed by atoms with E-state index in [1.165, 1.54) is 0 Å². The molecule has 0 aromatic rings. The van der Waals surface area contributed by atoms with E-state index in [1.807, 2.05) is 11.0 Å². The summed E-state index contributed by atoms with van der Waals surface area (Å²) in [4.78, 5) is 2.72. The van der Waals surface area contributed by atoms with Gasteiger partial charge >= 0.3 is 0 Å². The quantitative estimate of drug-likeness (QED) is 0.467. The third-order valence-corrected chi connectivity index (χ3v) is 2.42. The van der Waals surface area contributed by atoms with Crippen LogP contribution in [0.25, 0.3) is 0 Å². The Morgan fingerprint density at radius 2 is 2.42 bits per heavy atom. The lowest BCUT2D eigenvalue weighted by atomic mass is 10.1. The summed E-state index contributed by atoms with van der Waals surface area (Å²) in [5.74, 6) is 0. The molecule has 1 heterocycles. The molecule has 1 unspecified atom stereocenters. The molecule has 0 aromatic carbocycles. The van der Waals surface area contributed by atoms with Gasteiger partial charge in [0.1, 0.15) is 0 Å². The van der Waals surface area contributed by atoms with Crippen molar-refractivity contribution in [3.63, 3.8) is 0 Å². The Bertz CT molecular complexity index is 193. The Hall–Kier alpha value is -0.450. The fourth-order valence-corrected chi connectivity index (χ4v) is 1.54. The smallest absolute Gasteiger partial charge is 0.0923 e. The van der Waals surface area contributed by atoms with Gasteiger partial charge in [0.25, 0.3) is 0 Å². The molecule has 0 fully saturated rings. The lowest BCUT2D eigenvalue weighted by molar-refractivity contribution is 0.185. The van der Waals surface area contributed by atoms with Crippen LogP contribution in [0.1, 0.15) is 6.42 Å². The molecule has 1 rings (SSSR count). The molecule has 68 valence electrons. The highest BCUT2D eigenvalue weighted by molar-refractivity contribution is 7.80. The zero-order chi connectivity index (χ0) is 8.97. The first-order chi connectivity index (χ1) is 5.79. The number of aliphatic hydroxyl groups is 1. The first-order valence-electron chi connectivity index (χ1n) is 4.05. The van der Waals surface area contributed by atoms with Crippen molar-refractivity contribution in [2.24, 2.45) is 5.73 Å². The molecule has 4 heteroatoms. The van der Waals surface area contributed by atoms with Crippen LogP contribution in [0.2, 0.25) is 0 Å². The number of nitrogens with zero attached hydrogens (tertiary/aromatic N) is 1. The zero-order valence-corrected chi connectivity index (χ0v) is 7.76. The lowest BCUT2D eigenvalue weighted by Gasteiger charge is -2.33.